The highest BCUT2D eigenvalue weighted by Crippen LogP contribution is 2.28. The monoisotopic (exact) mass is 505 g/mol. The quantitative estimate of drug-likeness (QED) is 0.291. The molecule has 3 heterocycles. The van der Waals surface area contributed by atoms with E-state index in [1.807, 2.05) is 41.4 Å². The normalized spacial score (nSPS) is 13.6. The number of aliphatic imine (C=N–C) groups is 1. The highest BCUT2D eigenvalue weighted by molar-refractivity contribution is 5.81. The topological polar surface area (TPSA) is 98.3 Å². The Bertz CT molecular complexity index is 1100. The lowest BCUT2D eigenvalue weighted by Gasteiger charge is -2.23. The van der Waals surface area contributed by atoms with Gasteiger partial charge in [-0.1, -0.05) is 24.6 Å². The number of hydrogen-bond acceptors (Lipinski definition) is 6. The molecule has 9 heteroatoms. The van der Waals surface area contributed by atoms with Crippen LogP contribution in [0.2, 0.25) is 0 Å². The largest absolute Gasteiger partial charge is 0.356 e. The van der Waals surface area contributed by atoms with Crippen LogP contribution in [0.3, 0.4) is 0 Å². The van der Waals surface area contributed by atoms with Gasteiger partial charge in [-0.3, -0.25) is 14.8 Å². The molecule has 0 fully saturated rings. The second-order valence-corrected chi connectivity index (χ2v) is 9.25. The first kappa shape index (κ1) is 26.3. The van der Waals surface area contributed by atoms with Crippen molar-refractivity contribution >= 4 is 11.9 Å². The summed E-state index contributed by atoms with van der Waals surface area (Å²) in [5, 5.41) is 6.44. The highest BCUT2D eigenvalue weighted by atomic mass is 19.1. The molecule has 2 aromatic heterocycles. The van der Waals surface area contributed by atoms with E-state index in [2.05, 4.69) is 30.6 Å². The minimum Gasteiger partial charge on any atom is -0.356 e. The molecule has 1 unspecified atom stereocenters. The molecule has 1 amide bonds. The summed E-state index contributed by atoms with van der Waals surface area (Å²) in [5.41, 5.74) is 3.06. The van der Waals surface area contributed by atoms with Crippen LogP contribution in [0, 0.1) is 5.82 Å². The maximum Gasteiger partial charge on any atom is 0.222 e. The Morgan fingerprint density at radius 3 is 2.73 bits per heavy atom. The Morgan fingerprint density at radius 2 is 2.00 bits per heavy atom. The van der Waals surface area contributed by atoms with Crippen LogP contribution in [0.5, 0.6) is 0 Å². The summed E-state index contributed by atoms with van der Waals surface area (Å²) in [6, 6.07) is 12.6. The molecule has 1 aliphatic rings. The van der Waals surface area contributed by atoms with Crippen molar-refractivity contribution in [3.8, 4) is 0 Å². The lowest BCUT2D eigenvalue weighted by Crippen LogP contribution is -2.36. The number of rotatable bonds is 14. The van der Waals surface area contributed by atoms with Gasteiger partial charge >= 0.3 is 0 Å². The van der Waals surface area contributed by atoms with Crippen LogP contribution in [0.25, 0.3) is 0 Å². The molecule has 1 aromatic carbocycles. The zero-order valence-electron chi connectivity index (χ0n) is 21.2. The van der Waals surface area contributed by atoms with Crippen molar-refractivity contribution in [3.63, 3.8) is 0 Å². The minimum absolute atomic E-state index is 0.0918. The first-order valence-electron chi connectivity index (χ1n) is 13.1. The van der Waals surface area contributed by atoms with Crippen LogP contribution < -0.4 is 10.6 Å². The standard InChI is InChI=1S/C28H36FN7O/c29-23-11-9-22(10-12-23)25(26-7-1-3-14-31-26)6-2-4-18-36(19-13-24-20-30-21-35-24)27(37)8-5-15-32-28-33-16-17-34-28/h1,3,7,9-12,14,20-21,25H,2,4-6,8,13,15-19H2,(H,30,35)(H2,32,33,34). The predicted octanol–water partition coefficient (Wildman–Crippen LogP) is 3.65. The van der Waals surface area contributed by atoms with Gasteiger partial charge in [-0.15, -0.1) is 0 Å². The van der Waals surface area contributed by atoms with Crippen molar-refractivity contribution < 1.29 is 9.18 Å². The molecular formula is C28H36FN7O. The number of amides is 1. The third-order valence-electron chi connectivity index (χ3n) is 6.58. The molecular weight excluding hydrogens is 469 g/mol. The number of imidazole rings is 1. The van der Waals surface area contributed by atoms with E-state index in [0.29, 0.717) is 19.5 Å². The second-order valence-electron chi connectivity index (χ2n) is 9.25. The van der Waals surface area contributed by atoms with E-state index in [1.54, 1.807) is 12.5 Å². The smallest absolute Gasteiger partial charge is 0.222 e. The molecule has 0 saturated heterocycles. The zero-order chi connectivity index (χ0) is 25.7. The van der Waals surface area contributed by atoms with Gasteiger partial charge < -0.3 is 20.5 Å². The summed E-state index contributed by atoms with van der Waals surface area (Å²) in [6.07, 6.45) is 9.97. The van der Waals surface area contributed by atoms with E-state index >= 15 is 0 Å². The molecule has 1 atom stereocenters. The maximum absolute atomic E-state index is 13.5. The average Bonchev–Trinajstić information content (AvgIpc) is 3.64. The third-order valence-corrected chi connectivity index (χ3v) is 6.58. The second kappa shape index (κ2) is 14.1. The van der Waals surface area contributed by atoms with Crippen LogP contribution in [0.4, 0.5) is 4.39 Å². The highest BCUT2D eigenvalue weighted by Gasteiger charge is 2.17. The summed E-state index contributed by atoms with van der Waals surface area (Å²) >= 11 is 0. The number of halogens is 1. The first-order chi connectivity index (χ1) is 18.2. The molecule has 8 nitrogen and oxygen atoms in total. The van der Waals surface area contributed by atoms with Crippen LogP contribution in [-0.4, -0.2) is 64.4 Å². The molecule has 3 N–H and O–H groups in total. The van der Waals surface area contributed by atoms with Crippen molar-refractivity contribution in [2.45, 2.75) is 44.4 Å². The van der Waals surface area contributed by atoms with Gasteiger partial charge in [0.15, 0.2) is 5.96 Å². The summed E-state index contributed by atoms with van der Waals surface area (Å²) in [7, 11) is 0. The Kier molecular flexibility index (Phi) is 10.0. The van der Waals surface area contributed by atoms with E-state index in [-0.39, 0.29) is 17.6 Å². The number of pyridine rings is 1. The van der Waals surface area contributed by atoms with Crippen molar-refractivity contribution in [1.29, 1.82) is 0 Å². The molecule has 1 aliphatic heterocycles. The molecule has 0 radical (unpaired) electrons. The number of nitrogens with one attached hydrogen (secondary N) is 3. The molecule has 37 heavy (non-hydrogen) atoms. The first-order valence-corrected chi connectivity index (χ1v) is 13.1. The van der Waals surface area contributed by atoms with Gasteiger partial charge in [0.1, 0.15) is 5.82 Å². The van der Waals surface area contributed by atoms with E-state index in [0.717, 1.165) is 74.6 Å². The van der Waals surface area contributed by atoms with Crippen LogP contribution in [0.1, 0.15) is 55.0 Å². The Labute approximate surface area is 217 Å². The minimum atomic E-state index is -0.238. The summed E-state index contributed by atoms with van der Waals surface area (Å²) in [4.78, 5) is 31.2. The number of benzene rings is 1. The fraction of sp³-hybridized carbons (Fsp3) is 0.429. The maximum atomic E-state index is 13.5. The number of unbranched alkanes of at least 4 members (excludes halogenated alkanes) is 1. The fourth-order valence-corrected chi connectivity index (χ4v) is 4.57. The number of nitrogens with zero attached hydrogens (tertiary/aromatic N) is 4. The predicted molar refractivity (Wildman–Crippen MR) is 143 cm³/mol. The van der Waals surface area contributed by atoms with Crippen molar-refractivity contribution in [3.05, 3.63) is 84.0 Å². The third kappa shape index (κ3) is 8.41. The Hall–Kier alpha value is -3.75. The van der Waals surface area contributed by atoms with E-state index < -0.39 is 0 Å². The number of aromatic nitrogens is 3. The Morgan fingerprint density at radius 1 is 1.11 bits per heavy atom. The number of aromatic amines is 1. The molecule has 0 bridgehead atoms. The number of guanidine groups is 1. The molecule has 3 aromatic rings. The van der Waals surface area contributed by atoms with E-state index in [4.69, 9.17) is 0 Å². The zero-order valence-corrected chi connectivity index (χ0v) is 21.2. The van der Waals surface area contributed by atoms with Gasteiger partial charge in [-0.2, -0.15) is 0 Å². The number of carbonyl (C=O) groups is 1. The molecule has 0 spiro atoms. The molecule has 0 aliphatic carbocycles. The molecule has 196 valence electrons. The van der Waals surface area contributed by atoms with Crippen molar-refractivity contribution in [1.82, 2.24) is 30.5 Å². The van der Waals surface area contributed by atoms with Crippen molar-refractivity contribution in [2.75, 3.05) is 32.7 Å². The number of carbonyl (C=O) groups excluding carboxylic acids is 1. The van der Waals surface area contributed by atoms with Gasteiger partial charge in [-0.05, 0) is 49.1 Å². The summed E-state index contributed by atoms with van der Waals surface area (Å²) < 4.78 is 13.5. The fourth-order valence-electron chi connectivity index (χ4n) is 4.57. The molecule has 4 rings (SSSR count). The van der Waals surface area contributed by atoms with Gasteiger partial charge in [0, 0.05) is 68.7 Å². The van der Waals surface area contributed by atoms with Crippen LogP contribution in [0.15, 0.2) is 66.2 Å². The lowest BCUT2D eigenvalue weighted by molar-refractivity contribution is -0.131. The Balaban J connectivity index is 1.30. The van der Waals surface area contributed by atoms with Crippen molar-refractivity contribution in [2.24, 2.45) is 4.99 Å². The van der Waals surface area contributed by atoms with E-state index in [1.165, 1.54) is 12.1 Å². The number of H-pyrrole nitrogens is 1. The SMILES string of the molecule is O=C(CCCNC1=NCCN1)N(CCCCC(c1ccc(F)cc1)c1ccccn1)CCc1cnc[nH]1. The van der Waals surface area contributed by atoms with Gasteiger partial charge in [0.05, 0.1) is 12.9 Å². The van der Waals surface area contributed by atoms with Crippen LogP contribution >= 0.6 is 0 Å². The van der Waals surface area contributed by atoms with E-state index in [9.17, 15) is 9.18 Å². The lowest BCUT2D eigenvalue weighted by atomic mass is 9.90. The summed E-state index contributed by atoms with van der Waals surface area (Å²) in [5.74, 6) is 0.848. The van der Waals surface area contributed by atoms with Crippen LogP contribution in [-0.2, 0) is 11.2 Å². The number of hydrogen-bond donors (Lipinski definition) is 3. The van der Waals surface area contributed by atoms with Gasteiger partial charge in [-0.25, -0.2) is 9.37 Å². The molecule has 0 saturated carbocycles. The average molecular weight is 506 g/mol. The van der Waals surface area contributed by atoms with Gasteiger partial charge in [0.25, 0.3) is 0 Å². The summed E-state index contributed by atoms with van der Waals surface area (Å²) in [6.45, 7) is 3.74. The van der Waals surface area contributed by atoms with Gasteiger partial charge in [0.2, 0.25) is 5.91 Å².